The third-order valence-corrected chi connectivity index (χ3v) is 2.37. The second kappa shape index (κ2) is 1.84. The molecule has 1 fully saturated rings. The Morgan fingerprint density at radius 2 is 2.50 bits per heavy atom. The Hall–Kier alpha value is -0.790. The lowest BCUT2D eigenvalue weighted by Crippen LogP contribution is -2.11. The SMILES string of the molecule is C[C@H]1C(=O)O[C@H]2CC=C[C@H]21. The van der Waals surface area contributed by atoms with E-state index in [2.05, 4.69) is 12.2 Å². The molecule has 0 amide bonds. The van der Waals surface area contributed by atoms with Crippen LogP contribution in [0, 0.1) is 11.8 Å². The molecular formula is C8H10O2. The van der Waals surface area contributed by atoms with Crippen molar-refractivity contribution in [2.75, 3.05) is 0 Å². The lowest BCUT2D eigenvalue weighted by Gasteiger charge is -2.05. The van der Waals surface area contributed by atoms with Gasteiger partial charge in [0.25, 0.3) is 0 Å². The molecule has 0 radical (unpaired) electrons. The van der Waals surface area contributed by atoms with Crippen LogP contribution in [0.25, 0.3) is 0 Å². The number of fused-ring (bicyclic) bond motifs is 1. The molecule has 0 bridgehead atoms. The summed E-state index contributed by atoms with van der Waals surface area (Å²) < 4.78 is 5.10. The Bertz CT molecular complexity index is 195. The summed E-state index contributed by atoms with van der Waals surface area (Å²) in [5.74, 6) is 0.426. The van der Waals surface area contributed by atoms with Crippen molar-refractivity contribution in [1.82, 2.24) is 0 Å². The number of carbonyl (C=O) groups is 1. The van der Waals surface area contributed by atoms with Crippen molar-refractivity contribution in [3.63, 3.8) is 0 Å². The maximum absolute atomic E-state index is 10.9. The Balaban J connectivity index is 2.23. The van der Waals surface area contributed by atoms with Gasteiger partial charge in [0.1, 0.15) is 6.10 Å². The van der Waals surface area contributed by atoms with Crippen LogP contribution >= 0.6 is 0 Å². The van der Waals surface area contributed by atoms with Gasteiger partial charge in [0.2, 0.25) is 0 Å². The van der Waals surface area contributed by atoms with E-state index in [0.717, 1.165) is 6.42 Å². The predicted octanol–water partition coefficient (Wildman–Crippen LogP) is 1.12. The van der Waals surface area contributed by atoms with Gasteiger partial charge in [0.05, 0.1) is 5.92 Å². The molecule has 0 spiro atoms. The van der Waals surface area contributed by atoms with Crippen molar-refractivity contribution in [2.24, 2.45) is 11.8 Å². The van der Waals surface area contributed by atoms with Crippen molar-refractivity contribution >= 4 is 5.97 Å². The van der Waals surface area contributed by atoms with Crippen molar-refractivity contribution < 1.29 is 9.53 Å². The van der Waals surface area contributed by atoms with E-state index in [-0.39, 0.29) is 18.0 Å². The van der Waals surface area contributed by atoms with Crippen molar-refractivity contribution in [3.8, 4) is 0 Å². The fraction of sp³-hybridized carbons (Fsp3) is 0.625. The van der Waals surface area contributed by atoms with E-state index in [4.69, 9.17) is 4.74 Å². The minimum absolute atomic E-state index is 0.0284. The van der Waals surface area contributed by atoms with Crippen LogP contribution in [0.4, 0.5) is 0 Å². The van der Waals surface area contributed by atoms with Gasteiger partial charge in [-0.3, -0.25) is 4.79 Å². The molecule has 0 aromatic rings. The molecule has 0 unspecified atom stereocenters. The second-order valence-electron chi connectivity index (χ2n) is 3.01. The largest absolute Gasteiger partial charge is 0.461 e. The minimum atomic E-state index is -0.0284. The zero-order chi connectivity index (χ0) is 7.14. The molecule has 0 N–H and O–H groups in total. The van der Waals surface area contributed by atoms with Crippen molar-refractivity contribution in [2.45, 2.75) is 19.4 Å². The molecule has 2 rings (SSSR count). The highest BCUT2D eigenvalue weighted by Crippen LogP contribution is 2.35. The monoisotopic (exact) mass is 138 g/mol. The van der Waals surface area contributed by atoms with Crippen LogP contribution in [0.3, 0.4) is 0 Å². The lowest BCUT2D eigenvalue weighted by atomic mass is 9.95. The van der Waals surface area contributed by atoms with Gasteiger partial charge in [0, 0.05) is 12.3 Å². The van der Waals surface area contributed by atoms with Crippen LogP contribution < -0.4 is 0 Å². The quantitative estimate of drug-likeness (QED) is 0.370. The molecule has 2 nitrogen and oxygen atoms in total. The van der Waals surface area contributed by atoms with Gasteiger partial charge in [-0.15, -0.1) is 0 Å². The van der Waals surface area contributed by atoms with Gasteiger partial charge >= 0.3 is 5.97 Å². The molecule has 0 aromatic carbocycles. The molecule has 0 saturated carbocycles. The Labute approximate surface area is 59.9 Å². The van der Waals surface area contributed by atoms with Gasteiger partial charge in [-0.1, -0.05) is 19.1 Å². The first-order valence-electron chi connectivity index (χ1n) is 3.66. The van der Waals surface area contributed by atoms with Crippen LogP contribution in [-0.4, -0.2) is 12.1 Å². The summed E-state index contributed by atoms with van der Waals surface area (Å²) in [6.45, 7) is 1.93. The number of rotatable bonds is 0. The number of carbonyl (C=O) groups excluding carboxylic acids is 1. The first kappa shape index (κ1) is 5.96. The summed E-state index contributed by atoms with van der Waals surface area (Å²) in [6.07, 6.45) is 5.28. The van der Waals surface area contributed by atoms with Crippen LogP contribution in [0.15, 0.2) is 12.2 Å². The van der Waals surface area contributed by atoms with Crippen molar-refractivity contribution in [3.05, 3.63) is 12.2 Å². The minimum Gasteiger partial charge on any atom is -0.461 e. The Morgan fingerprint density at radius 3 is 3.20 bits per heavy atom. The third kappa shape index (κ3) is 0.618. The highest BCUT2D eigenvalue weighted by atomic mass is 16.6. The normalized spacial score (nSPS) is 43.7. The fourth-order valence-electron chi connectivity index (χ4n) is 1.68. The maximum Gasteiger partial charge on any atom is 0.309 e. The zero-order valence-corrected chi connectivity index (χ0v) is 5.91. The first-order valence-corrected chi connectivity index (χ1v) is 3.66. The van der Waals surface area contributed by atoms with E-state index < -0.39 is 0 Å². The third-order valence-electron chi connectivity index (χ3n) is 2.37. The van der Waals surface area contributed by atoms with Crippen LogP contribution in [-0.2, 0) is 9.53 Å². The molecule has 1 aliphatic carbocycles. The molecule has 2 heteroatoms. The van der Waals surface area contributed by atoms with Crippen LogP contribution in [0.2, 0.25) is 0 Å². The number of ether oxygens (including phenoxy) is 1. The number of hydrogen-bond donors (Lipinski definition) is 0. The van der Waals surface area contributed by atoms with E-state index in [1.54, 1.807) is 0 Å². The summed E-state index contributed by atoms with van der Waals surface area (Å²) in [5, 5.41) is 0. The molecular weight excluding hydrogens is 128 g/mol. The average Bonchev–Trinajstić information content (AvgIpc) is 2.41. The van der Waals surface area contributed by atoms with Crippen LogP contribution in [0.1, 0.15) is 13.3 Å². The van der Waals surface area contributed by atoms with E-state index in [9.17, 15) is 4.79 Å². The summed E-state index contributed by atoms with van der Waals surface area (Å²) in [4.78, 5) is 10.9. The Kier molecular flexibility index (Phi) is 1.10. The number of esters is 1. The molecule has 0 aromatic heterocycles. The van der Waals surface area contributed by atoms with E-state index >= 15 is 0 Å². The Morgan fingerprint density at radius 1 is 1.70 bits per heavy atom. The van der Waals surface area contributed by atoms with E-state index in [1.807, 2.05) is 6.92 Å². The molecule has 1 saturated heterocycles. The van der Waals surface area contributed by atoms with Gasteiger partial charge in [0.15, 0.2) is 0 Å². The average molecular weight is 138 g/mol. The molecule has 1 aliphatic heterocycles. The highest BCUT2D eigenvalue weighted by Gasteiger charge is 2.41. The number of hydrogen-bond acceptors (Lipinski definition) is 2. The lowest BCUT2D eigenvalue weighted by molar-refractivity contribution is -0.143. The van der Waals surface area contributed by atoms with E-state index in [1.165, 1.54) is 0 Å². The highest BCUT2D eigenvalue weighted by molar-refractivity contribution is 5.75. The maximum atomic E-state index is 10.9. The smallest absolute Gasteiger partial charge is 0.309 e. The van der Waals surface area contributed by atoms with Gasteiger partial charge in [-0.25, -0.2) is 0 Å². The topological polar surface area (TPSA) is 26.3 Å². The standard InChI is InChI=1S/C8H10O2/c1-5-6-3-2-4-7(6)10-8(5)9/h2-3,5-7H,4H2,1H3/t5-,6+,7+/m1/s1. The van der Waals surface area contributed by atoms with Gasteiger partial charge < -0.3 is 4.74 Å². The van der Waals surface area contributed by atoms with E-state index in [0.29, 0.717) is 5.92 Å². The molecule has 1 heterocycles. The van der Waals surface area contributed by atoms with Gasteiger partial charge in [-0.05, 0) is 0 Å². The fourth-order valence-corrected chi connectivity index (χ4v) is 1.68. The summed E-state index contributed by atoms with van der Waals surface area (Å²) in [6, 6.07) is 0. The molecule has 10 heavy (non-hydrogen) atoms. The molecule has 54 valence electrons. The van der Waals surface area contributed by atoms with Gasteiger partial charge in [-0.2, -0.15) is 0 Å². The van der Waals surface area contributed by atoms with Crippen molar-refractivity contribution in [1.29, 1.82) is 0 Å². The predicted molar refractivity (Wildman–Crippen MR) is 36.3 cm³/mol. The summed E-state index contributed by atoms with van der Waals surface area (Å²) in [7, 11) is 0. The summed E-state index contributed by atoms with van der Waals surface area (Å²) in [5.41, 5.74) is 0. The molecule has 3 atom stereocenters. The zero-order valence-electron chi connectivity index (χ0n) is 5.91. The second-order valence-corrected chi connectivity index (χ2v) is 3.01. The molecule has 2 aliphatic rings. The van der Waals surface area contributed by atoms with Crippen LogP contribution in [0.5, 0.6) is 0 Å². The summed E-state index contributed by atoms with van der Waals surface area (Å²) >= 11 is 0. The first-order chi connectivity index (χ1) is 4.79.